The molecule has 0 atom stereocenters. The van der Waals surface area contributed by atoms with Crippen molar-refractivity contribution in [1.29, 1.82) is 0 Å². The minimum atomic E-state index is -3.97. The van der Waals surface area contributed by atoms with E-state index in [4.69, 9.17) is 14.2 Å². The number of methoxy groups -OCH3 is 2. The van der Waals surface area contributed by atoms with Crippen molar-refractivity contribution in [1.82, 2.24) is 29.7 Å². The Bertz CT molecular complexity index is 1760. The maximum absolute atomic E-state index is 13.2. The van der Waals surface area contributed by atoms with Gasteiger partial charge < -0.3 is 14.2 Å². The van der Waals surface area contributed by atoms with E-state index in [0.717, 1.165) is 12.3 Å². The first kappa shape index (κ1) is 26.7. The smallest absolute Gasteiger partial charge is 0.239 e. The predicted molar refractivity (Wildman–Crippen MR) is 145 cm³/mol. The molecular weight excluding hydrogens is 541 g/mol. The van der Waals surface area contributed by atoms with E-state index in [2.05, 4.69) is 29.9 Å². The van der Waals surface area contributed by atoms with E-state index in [0.29, 0.717) is 46.7 Å². The Hall–Kier alpha value is -4.85. The molecule has 0 bridgehead atoms. The number of ether oxygens (including phenoxy) is 3. The molecule has 1 N–H and O–H groups in total. The van der Waals surface area contributed by atoms with E-state index in [1.54, 1.807) is 41.0 Å². The quantitative estimate of drug-likeness (QED) is 0.266. The van der Waals surface area contributed by atoms with E-state index in [1.807, 2.05) is 6.92 Å². The van der Waals surface area contributed by atoms with Crippen LogP contribution in [0.5, 0.6) is 17.4 Å². The van der Waals surface area contributed by atoms with Crippen molar-refractivity contribution in [3.8, 4) is 34.6 Å². The van der Waals surface area contributed by atoms with Crippen molar-refractivity contribution in [3.63, 3.8) is 0 Å². The van der Waals surface area contributed by atoms with Crippen LogP contribution < -0.4 is 18.9 Å². The van der Waals surface area contributed by atoms with Gasteiger partial charge in [-0.05, 0) is 37.3 Å². The zero-order chi connectivity index (χ0) is 28.3. The summed E-state index contributed by atoms with van der Waals surface area (Å²) < 4.78 is 59.9. The van der Waals surface area contributed by atoms with Crippen molar-refractivity contribution >= 4 is 27.0 Å². The normalized spacial score (nSPS) is 11.4. The van der Waals surface area contributed by atoms with Crippen LogP contribution in [-0.4, -0.2) is 59.0 Å². The first-order chi connectivity index (χ1) is 19.3. The highest BCUT2D eigenvalue weighted by molar-refractivity contribution is 7.91. The lowest BCUT2D eigenvalue weighted by Crippen LogP contribution is -2.17. The predicted octanol–water partition coefficient (Wildman–Crippen LogP) is 3.77. The number of nitrogens with one attached hydrogen (secondary N) is 1. The van der Waals surface area contributed by atoms with Crippen molar-refractivity contribution < 1.29 is 27.0 Å². The van der Waals surface area contributed by atoms with Crippen molar-refractivity contribution in [2.24, 2.45) is 0 Å². The van der Waals surface area contributed by atoms with Crippen LogP contribution in [-0.2, 0) is 15.8 Å². The van der Waals surface area contributed by atoms with Crippen LogP contribution in [0.2, 0.25) is 0 Å². The molecule has 5 aromatic rings. The lowest BCUT2D eigenvalue weighted by Gasteiger charge is -2.17. The van der Waals surface area contributed by atoms with Crippen LogP contribution in [0.4, 0.5) is 10.2 Å². The summed E-state index contributed by atoms with van der Waals surface area (Å²) in [5.41, 5.74) is 1.73. The molecule has 4 aromatic heterocycles. The highest BCUT2D eigenvalue weighted by Gasteiger charge is 2.24. The summed E-state index contributed by atoms with van der Waals surface area (Å²) in [6.07, 6.45) is 0.950. The summed E-state index contributed by atoms with van der Waals surface area (Å²) in [7, 11) is -0.932. The van der Waals surface area contributed by atoms with Crippen LogP contribution in [0.15, 0.2) is 60.8 Å². The number of anilines is 1. The van der Waals surface area contributed by atoms with E-state index in [-0.39, 0.29) is 17.2 Å². The van der Waals surface area contributed by atoms with Crippen molar-refractivity contribution in [3.05, 3.63) is 72.3 Å². The Morgan fingerprint density at radius 3 is 2.40 bits per heavy atom. The molecule has 0 saturated carbocycles. The van der Waals surface area contributed by atoms with Gasteiger partial charge in [-0.25, -0.2) is 22.8 Å². The molecule has 4 heterocycles. The molecule has 12 nitrogen and oxygen atoms in total. The molecule has 0 radical (unpaired) electrons. The average molecular weight is 566 g/mol. The second kappa shape index (κ2) is 11.1. The maximum atomic E-state index is 13.2. The molecule has 0 amide bonds. The van der Waals surface area contributed by atoms with Crippen LogP contribution in [0.1, 0.15) is 12.6 Å². The molecule has 5 rings (SSSR count). The molecule has 0 unspecified atom stereocenters. The SMILES string of the molecule is CCOc1cccc(-c2nc3nnc(NS(=O)(=O)Cc4ccc(F)cn4)cc3n2-c2c(OC)cccc2OC)n1. The lowest BCUT2D eigenvalue weighted by molar-refractivity contribution is 0.327. The minimum absolute atomic E-state index is 0.0628. The standard InChI is InChI=1S/C26H24FN7O5S/c1-4-39-23-10-5-7-18(29-23)26-30-25-19(34(26)24-20(37-2)8-6-9-21(24)38-3)13-22(31-32-25)33-40(35,36)15-17-12-11-16(27)14-28-17/h5-14H,4,15H2,1-3H3,(H,31,33). The first-order valence-electron chi connectivity index (χ1n) is 12.0. The topological polar surface area (TPSA) is 143 Å². The number of rotatable bonds is 10. The molecule has 206 valence electrons. The van der Waals surface area contributed by atoms with Crippen molar-refractivity contribution in [2.75, 3.05) is 25.5 Å². The molecule has 40 heavy (non-hydrogen) atoms. The summed E-state index contributed by atoms with van der Waals surface area (Å²) in [4.78, 5) is 13.1. The van der Waals surface area contributed by atoms with Gasteiger partial charge in [0.25, 0.3) is 0 Å². The molecule has 0 saturated heterocycles. The third kappa shape index (κ3) is 5.47. The van der Waals surface area contributed by atoms with Crippen LogP contribution in [0.25, 0.3) is 28.4 Å². The highest BCUT2D eigenvalue weighted by Crippen LogP contribution is 2.38. The molecule has 0 aliphatic heterocycles. The van der Waals surface area contributed by atoms with Gasteiger partial charge in [0.1, 0.15) is 34.5 Å². The summed E-state index contributed by atoms with van der Waals surface area (Å²) in [6.45, 7) is 2.28. The number of hydrogen-bond acceptors (Lipinski definition) is 10. The molecule has 0 fully saturated rings. The average Bonchev–Trinajstić information content (AvgIpc) is 3.32. The Kier molecular flexibility index (Phi) is 7.42. The molecule has 1 aromatic carbocycles. The lowest BCUT2D eigenvalue weighted by atomic mass is 10.2. The summed E-state index contributed by atoms with van der Waals surface area (Å²) in [5.74, 6) is 0.564. The summed E-state index contributed by atoms with van der Waals surface area (Å²) in [6, 6.07) is 14.5. The van der Waals surface area contributed by atoms with Gasteiger partial charge >= 0.3 is 0 Å². The number of sulfonamides is 1. The molecule has 0 aliphatic rings. The maximum Gasteiger partial charge on any atom is 0.239 e. The van der Waals surface area contributed by atoms with Gasteiger partial charge in [0, 0.05) is 12.1 Å². The largest absolute Gasteiger partial charge is 0.494 e. The summed E-state index contributed by atoms with van der Waals surface area (Å²) in [5, 5.41) is 8.19. The Balaban J connectivity index is 1.66. The number of imidazole rings is 1. The second-order valence-corrected chi connectivity index (χ2v) is 10.1. The van der Waals surface area contributed by atoms with E-state index >= 15 is 0 Å². The third-order valence-corrected chi connectivity index (χ3v) is 6.87. The number of hydrogen-bond donors (Lipinski definition) is 1. The zero-order valence-corrected chi connectivity index (χ0v) is 22.5. The molecule has 14 heteroatoms. The molecule has 0 spiro atoms. The molecular formula is C26H24FN7O5S. The Labute approximate surface area is 228 Å². The monoisotopic (exact) mass is 565 g/mol. The first-order valence-corrected chi connectivity index (χ1v) is 13.7. The number of para-hydroxylation sites is 1. The van der Waals surface area contributed by atoms with Gasteiger partial charge in [0.2, 0.25) is 21.6 Å². The van der Waals surface area contributed by atoms with Gasteiger partial charge in [0.05, 0.1) is 38.2 Å². The van der Waals surface area contributed by atoms with Crippen LogP contribution >= 0.6 is 0 Å². The van der Waals surface area contributed by atoms with Gasteiger partial charge in [-0.15, -0.1) is 10.2 Å². The number of pyridine rings is 2. The number of aromatic nitrogens is 6. The number of nitrogens with zero attached hydrogens (tertiary/aromatic N) is 6. The number of fused-ring (bicyclic) bond motifs is 1. The highest BCUT2D eigenvalue weighted by atomic mass is 32.2. The van der Waals surface area contributed by atoms with Gasteiger partial charge in [-0.2, -0.15) is 0 Å². The van der Waals surface area contributed by atoms with Crippen LogP contribution in [0, 0.1) is 5.82 Å². The molecule has 0 aliphatic carbocycles. The fraction of sp³-hybridized carbons (Fsp3) is 0.192. The van der Waals surface area contributed by atoms with Crippen molar-refractivity contribution in [2.45, 2.75) is 12.7 Å². The number of halogens is 1. The van der Waals surface area contributed by atoms with Gasteiger partial charge in [-0.3, -0.25) is 14.3 Å². The fourth-order valence-corrected chi connectivity index (χ4v) is 5.08. The fourth-order valence-electron chi connectivity index (χ4n) is 4.03. The van der Waals surface area contributed by atoms with Crippen LogP contribution in [0.3, 0.4) is 0 Å². The van der Waals surface area contributed by atoms with E-state index in [1.165, 1.54) is 26.4 Å². The van der Waals surface area contributed by atoms with E-state index < -0.39 is 21.6 Å². The second-order valence-electron chi connectivity index (χ2n) is 8.34. The Morgan fingerprint density at radius 2 is 1.73 bits per heavy atom. The van der Waals surface area contributed by atoms with E-state index in [9.17, 15) is 12.8 Å². The zero-order valence-electron chi connectivity index (χ0n) is 21.7. The Morgan fingerprint density at radius 1 is 0.975 bits per heavy atom. The summed E-state index contributed by atoms with van der Waals surface area (Å²) >= 11 is 0. The number of benzene rings is 1. The minimum Gasteiger partial charge on any atom is -0.494 e. The van der Waals surface area contributed by atoms with Gasteiger partial charge in [0.15, 0.2) is 11.6 Å². The van der Waals surface area contributed by atoms with Gasteiger partial charge in [-0.1, -0.05) is 12.1 Å². The third-order valence-electron chi connectivity index (χ3n) is 5.68.